The van der Waals surface area contributed by atoms with Crippen molar-refractivity contribution in [1.82, 2.24) is 5.32 Å². The molecule has 0 aliphatic rings. The minimum absolute atomic E-state index is 0.134. The van der Waals surface area contributed by atoms with Gasteiger partial charge in [0, 0.05) is 18.0 Å². The molecule has 3 nitrogen and oxygen atoms in total. The van der Waals surface area contributed by atoms with Crippen LogP contribution in [0.15, 0.2) is 24.3 Å². The van der Waals surface area contributed by atoms with Gasteiger partial charge in [0.1, 0.15) is 0 Å². The molecule has 0 bridgehead atoms. The molecule has 0 heterocycles. The molecule has 0 fully saturated rings. The van der Waals surface area contributed by atoms with Gasteiger partial charge in [0.25, 0.3) is 5.91 Å². The summed E-state index contributed by atoms with van der Waals surface area (Å²) in [6, 6.07) is 8.71. The zero-order chi connectivity index (χ0) is 13.4. The van der Waals surface area contributed by atoms with Gasteiger partial charge in [-0.2, -0.15) is 5.26 Å². The first kappa shape index (κ1) is 14.5. The first-order valence-electron chi connectivity index (χ1n) is 6.01. The SMILES string of the molecule is CC(CCl)CCCNC(=O)c1cccc(C#N)c1. The van der Waals surface area contributed by atoms with E-state index in [9.17, 15) is 4.79 Å². The molecule has 1 atom stereocenters. The number of halogens is 1. The third-order valence-corrected chi connectivity index (χ3v) is 3.20. The normalized spacial score (nSPS) is 11.6. The van der Waals surface area contributed by atoms with Crippen LogP contribution in [0.25, 0.3) is 0 Å². The van der Waals surface area contributed by atoms with E-state index >= 15 is 0 Å². The molecule has 0 aliphatic carbocycles. The lowest BCUT2D eigenvalue weighted by atomic mass is 10.1. The summed E-state index contributed by atoms with van der Waals surface area (Å²) in [6.45, 7) is 2.72. The Morgan fingerprint density at radius 3 is 3.00 bits per heavy atom. The molecule has 1 aromatic carbocycles. The van der Waals surface area contributed by atoms with Crippen LogP contribution in [0, 0.1) is 17.2 Å². The molecule has 0 aromatic heterocycles. The summed E-state index contributed by atoms with van der Waals surface area (Å²) in [6.07, 6.45) is 1.92. The Morgan fingerprint density at radius 2 is 2.33 bits per heavy atom. The molecule has 4 heteroatoms. The van der Waals surface area contributed by atoms with Crippen molar-refractivity contribution in [3.8, 4) is 6.07 Å². The van der Waals surface area contributed by atoms with E-state index in [1.165, 1.54) is 0 Å². The first-order chi connectivity index (χ1) is 8.67. The van der Waals surface area contributed by atoms with Crippen LogP contribution < -0.4 is 5.32 Å². The van der Waals surface area contributed by atoms with E-state index in [1.54, 1.807) is 24.3 Å². The fourth-order valence-electron chi connectivity index (χ4n) is 1.56. The van der Waals surface area contributed by atoms with E-state index in [0.29, 0.717) is 29.5 Å². The fourth-order valence-corrected chi connectivity index (χ4v) is 1.72. The minimum atomic E-state index is -0.134. The smallest absolute Gasteiger partial charge is 0.251 e. The Balaban J connectivity index is 2.39. The maximum atomic E-state index is 11.8. The lowest BCUT2D eigenvalue weighted by molar-refractivity contribution is 0.0952. The van der Waals surface area contributed by atoms with Crippen molar-refractivity contribution in [3.05, 3.63) is 35.4 Å². The van der Waals surface area contributed by atoms with Gasteiger partial charge in [-0.25, -0.2) is 0 Å². The first-order valence-corrected chi connectivity index (χ1v) is 6.55. The number of alkyl halides is 1. The highest BCUT2D eigenvalue weighted by atomic mass is 35.5. The van der Waals surface area contributed by atoms with Gasteiger partial charge in [0.05, 0.1) is 11.6 Å². The van der Waals surface area contributed by atoms with Crippen LogP contribution >= 0.6 is 11.6 Å². The summed E-state index contributed by atoms with van der Waals surface area (Å²) < 4.78 is 0. The molecule has 0 radical (unpaired) electrons. The van der Waals surface area contributed by atoms with E-state index < -0.39 is 0 Å². The van der Waals surface area contributed by atoms with E-state index in [4.69, 9.17) is 16.9 Å². The molecule has 0 spiro atoms. The highest BCUT2D eigenvalue weighted by Gasteiger charge is 2.06. The van der Waals surface area contributed by atoms with E-state index in [2.05, 4.69) is 12.2 Å². The predicted molar refractivity (Wildman–Crippen MR) is 72.6 cm³/mol. The van der Waals surface area contributed by atoms with Gasteiger partial charge in [0.2, 0.25) is 0 Å². The largest absolute Gasteiger partial charge is 0.352 e. The van der Waals surface area contributed by atoms with Crippen molar-refractivity contribution >= 4 is 17.5 Å². The number of amides is 1. The summed E-state index contributed by atoms with van der Waals surface area (Å²) in [7, 11) is 0. The molecule has 1 N–H and O–H groups in total. The number of benzene rings is 1. The Morgan fingerprint density at radius 1 is 1.56 bits per heavy atom. The van der Waals surface area contributed by atoms with Crippen LogP contribution in [0.4, 0.5) is 0 Å². The summed E-state index contributed by atoms with van der Waals surface area (Å²) in [5.74, 6) is 0.995. The summed E-state index contributed by atoms with van der Waals surface area (Å²) in [4.78, 5) is 11.8. The van der Waals surface area contributed by atoms with Gasteiger partial charge in [-0.05, 0) is 37.0 Å². The highest BCUT2D eigenvalue weighted by Crippen LogP contribution is 2.07. The molecule has 96 valence electrons. The lowest BCUT2D eigenvalue weighted by Gasteiger charge is -2.08. The van der Waals surface area contributed by atoms with E-state index in [1.807, 2.05) is 6.07 Å². The molecule has 18 heavy (non-hydrogen) atoms. The van der Waals surface area contributed by atoms with Crippen molar-refractivity contribution in [2.75, 3.05) is 12.4 Å². The Labute approximate surface area is 113 Å². The zero-order valence-electron chi connectivity index (χ0n) is 10.4. The number of nitrogens with zero attached hydrogens (tertiary/aromatic N) is 1. The maximum Gasteiger partial charge on any atom is 0.251 e. The molecular formula is C14H17ClN2O. The second-order valence-electron chi connectivity index (χ2n) is 4.35. The average Bonchev–Trinajstić information content (AvgIpc) is 2.43. The summed E-state index contributed by atoms with van der Waals surface area (Å²) in [5, 5.41) is 11.6. The highest BCUT2D eigenvalue weighted by molar-refractivity contribution is 6.18. The van der Waals surface area contributed by atoms with Gasteiger partial charge < -0.3 is 5.32 Å². The van der Waals surface area contributed by atoms with Gasteiger partial charge >= 0.3 is 0 Å². The Kier molecular flexibility index (Phi) is 6.24. The van der Waals surface area contributed by atoms with Gasteiger partial charge in [-0.1, -0.05) is 13.0 Å². The van der Waals surface area contributed by atoms with E-state index in [0.717, 1.165) is 12.8 Å². The van der Waals surface area contributed by atoms with Crippen LogP contribution in [-0.4, -0.2) is 18.3 Å². The molecule has 1 rings (SSSR count). The Hall–Kier alpha value is -1.53. The third-order valence-electron chi connectivity index (χ3n) is 2.68. The third kappa shape index (κ3) is 4.77. The van der Waals surface area contributed by atoms with Crippen molar-refractivity contribution in [3.63, 3.8) is 0 Å². The molecule has 0 saturated heterocycles. The minimum Gasteiger partial charge on any atom is -0.352 e. The number of carbonyl (C=O) groups excluding carboxylic acids is 1. The van der Waals surface area contributed by atoms with Crippen molar-refractivity contribution in [2.24, 2.45) is 5.92 Å². The van der Waals surface area contributed by atoms with Crippen LogP contribution in [0.5, 0.6) is 0 Å². The number of hydrogen-bond donors (Lipinski definition) is 1. The number of rotatable bonds is 6. The topological polar surface area (TPSA) is 52.9 Å². The number of hydrogen-bond acceptors (Lipinski definition) is 2. The van der Waals surface area contributed by atoms with Crippen molar-refractivity contribution in [2.45, 2.75) is 19.8 Å². The van der Waals surface area contributed by atoms with Crippen molar-refractivity contribution in [1.29, 1.82) is 5.26 Å². The number of nitriles is 1. The molecular weight excluding hydrogens is 248 g/mol. The van der Waals surface area contributed by atoms with Crippen LogP contribution in [0.2, 0.25) is 0 Å². The second kappa shape index (κ2) is 7.73. The van der Waals surface area contributed by atoms with Crippen LogP contribution in [-0.2, 0) is 0 Å². The standard InChI is InChI=1S/C14H17ClN2O/c1-11(9-15)4-3-7-17-14(18)13-6-2-5-12(8-13)10-16/h2,5-6,8,11H,3-4,7,9H2,1H3,(H,17,18). The maximum absolute atomic E-state index is 11.8. The predicted octanol–water partition coefficient (Wildman–Crippen LogP) is 2.94. The molecule has 1 unspecified atom stereocenters. The summed E-state index contributed by atoms with van der Waals surface area (Å²) in [5.41, 5.74) is 1.03. The Bertz CT molecular complexity index is 440. The fraction of sp³-hybridized carbons (Fsp3) is 0.429. The molecule has 0 aliphatic heterocycles. The molecule has 1 aromatic rings. The van der Waals surface area contributed by atoms with Gasteiger partial charge in [-0.3, -0.25) is 4.79 Å². The molecule has 1 amide bonds. The summed E-state index contributed by atoms with van der Waals surface area (Å²) >= 11 is 5.70. The monoisotopic (exact) mass is 264 g/mol. The second-order valence-corrected chi connectivity index (χ2v) is 4.66. The number of carbonyl (C=O) groups is 1. The van der Waals surface area contributed by atoms with Gasteiger partial charge in [-0.15, -0.1) is 11.6 Å². The average molecular weight is 265 g/mol. The van der Waals surface area contributed by atoms with E-state index in [-0.39, 0.29) is 5.91 Å². The van der Waals surface area contributed by atoms with Gasteiger partial charge in [0.15, 0.2) is 0 Å². The van der Waals surface area contributed by atoms with Crippen LogP contribution in [0.1, 0.15) is 35.7 Å². The molecule has 0 saturated carbocycles. The lowest BCUT2D eigenvalue weighted by Crippen LogP contribution is -2.24. The van der Waals surface area contributed by atoms with Crippen LogP contribution in [0.3, 0.4) is 0 Å². The zero-order valence-corrected chi connectivity index (χ0v) is 11.2. The quantitative estimate of drug-likeness (QED) is 0.634. The van der Waals surface area contributed by atoms with Crippen molar-refractivity contribution < 1.29 is 4.79 Å². The number of nitrogens with one attached hydrogen (secondary N) is 1.